The number of allylic oxidation sites excluding steroid dienone is 3. The van der Waals surface area contributed by atoms with Gasteiger partial charge in [-0.2, -0.15) is 16.4 Å². The van der Waals surface area contributed by atoms with Crippen LogP contribution in [0, 0.1) is 0 Å². The van der Waals surface area contributed by atoms with E-state index in [1.54, 1.807) is 23.7 Å². The molecule has 1 aliphatic rings. The predicted molar refractivity (Wildman–Crippen MR) is 152 cm³/mol. The van der Waals surface area contributed by atoms with Gasteiger partial charge in [0.05, 0.1) is 24.0 Å². The van der Waals surface area contributed by atoms with Gasteiger partial charge in [-0.05, 0) is 73.6 Å². The number of imidazole rings is 1. The van der Waals surface area contributed by atoms with E-state index in [1.807, 2.05) is 12.4 Å². The molecule has 0 spiro atoms. The molecule has 0 saturated heterocycles. The number of hydrogen-bond acceptors (Lipinski definition) is 8. The van der Waals surface area contributed by atoms with E-state index in [2.05, 4.69) is 88.4 Å². The number of thiophene rings is 1. The summed E-state index contributed by atoms with van der Waals surface area (Å²) in [6.07, 6.45) is 11.4. The number of nitrogens with zero attached hydrogens (tertiary/aromatic N) is 5. The van der Waals surface area contributed by atoms with Gasteiger partial charge in [-0.15, -0.1) is 0 Å². The van der Waals surface area contributed by atoms with E-state index in [1.165, 1.54) is 11.1 Å². The van der Waals surface area contributed by atoms with Crippen LogP contribution in [-0.2, 0) is 6.54 Å². The van der Waals surface area contributed by atoms with E-state index < -0.39 is 0 Å². The molecule has 0 saturated carbocycles. The molecule has 188 valence electrons. The molecule has 0 radical (unpaired) electrons. The lowest BCUT2D eigenvalue weighted by atomic mass is 9.98. The van der Waals surface area contributed by atoms with E-state index >= 15 is 0 Å². The van der Waals surface area contributed by atoms with Crippen molar-refractivity contribution in [3.63, 3.8) is 0 Å². The smallest absolute Gasteiger partial charge is 0.159 e. The minimum absolute atomic E-state index is 0.544. The Morgan fingerprint density at radius 1 is 1.16 bits per heavy atom. The quantitative estimate of drug-likeness (QED) is 0.311. The molecule has 4 N–H and O–H groups in total. The summed E-state index contributed by atoms with van der Waals surface area (Å²) >= 11 is 1.65. The van der Waals surface area contributed by atoms with Gasteiger partial charge in [-0.3, -0.25) is 9.97 Å². The van der Waals surface area contributed by atoms with Crippen molar-refractivity contribution in [3.8, 4) is 11.1 Å². The van der Waals surface area contributed by atoms with Crippen LogP contribution in [0.2, 0.25) is 0 Å². The third-order valence-electron chi connectivity index (χ3n) is 5.94. The van der Waals surface area contributed by atoms with Crippen LogP contribution < -0.4 is 11.2 Å². The highest BCUT2D eigenvalue weighted by molar-refractivity contribution is 7.08. The first-order valence-corrected chi connectivity index (χ1v) is 13.0. The topological polar surface area (TPSA) is 108 Å². The molecule has 1 aliphatic heterocycles. The Morgan fingerprint density at radius 3 is 2.76 bits per heavy atom. The van der Waals surface area contributed by atoms with Crippen molar-refractivity contribution in [2.45, 2.75) is 20.4 Å². The molecule has 5 heterocycles. The van der Waals surface area contributed by atoms with E-state index in [0.717, 1.165) is 51.1 Å². The number of fused-ring (bicyclic) bond motifs is 2. The summed E-state index contributed by atoms with van der Waals surface area (Å²) in [6.45, 7) is 5.54. The molecule has 0 aromatic carbocycles. The van der Waals surface area contributed by atoms with Gasteiger partial charge in [0.2, 0.25) is 0 Å². The maximum absolute atomic E-state index is 6.11. The molecule has 4 aromatic rings. The average Bonchev–Trinajstić information content (AvgIpc) is 3.56. The second-order valence-electron chi connectivity index (χ2n) is 9.49. The number of aromatic nitrogens is 4. The lowest BCUT2D eigenvalue weighted by Gasteiger charge is -2.17. The number of rotatable bonds is 7. The van der Waals surface area contributed by atoms with Crippen molar-refractivity contribution in [2.24, 2.45) is 10.8 Å². The zero-order valence-electron chi connectivity index (χ0n) is 21.4. The fourth-order valence-electron chi connectivity index (χ4n) is 4.40. The minimum atomic E-state index is 0.544. The summed E-state index contributed by atoms with van der Waals surface area (Å²) in [5.74, 6) is 0.665. The van der Waals surface area contributed by atoms with E-state index in [9.17, 15) is 0 Å². The first-order valence-electron chi connectivity index (χ1n) is 12.0. The van der Waals surface area contributed by atoms with Crippen LogP contribution in [0.15, 0.2) is 76.1 Å². The number of hydrogen-bond donors (Lipinski definition) is 3. The Labute approximate surface area is 220 Å². The second-order valence-corrected chi connectivity index (χ2v) is 10.3. The summed E-state index contributed by atoms with van der Waals surface area (Å²) in [6, 6.07) is 4.17. The fourth-order valence-corrected chi connectivity index (χ4v) is 5.06. The molecular formula is C28H30N8S. The number of hydrazone groups is 1. The Balaban J connectivity index is 1.56. The van der Waals surface area contributed by atoms with Crippen LogP contribution >= 0.6 is 11.3 Å². The third-order valence-corrected chi connectivity index (χ3v) is 6.62. The van der Waals surface area contributed by atoms with Crippen molar-refractivity contribution in [3.05, 3.63) is 93.6 Å². The zero-order chi connectivity index (χ0) is 25.9. The van der Waals surface area contributed by atoms with E-state index in [0.29, 0.717) is 18.1 Å². The molecule has 0 amide bonds. The summed E-state index contributed by atoms with van der Waals surface area (Å²) in [4.78, 5) is 19.7. The highest BCUT2D eigenvalue weighted by atomic mass is 32.1. The van der Waals surface area contributed by atoms with Crippen LogP contribution in [0.25, 0.3) is 27.7 Å². The first-order chi connectivity index (χ1) is 17.9. The maximum atomic E-state index is 6.11. The molecule has 37 heavy (non-hydrogen) atoms. The molecule has 0 unspecified atom stereocenters. The molecule has 8 nitrogen and oxygen atoms in total. The monoisotopic (exact) mass is 510 g/mol. The summed E-state index contributed by atoms with van der Waals surface area (Å²) in [5.41, 5.74) is 19.8. The number of nitrogens with two attached hydrogens (primary N) is 1. The van der Waals surface area contributed by atoms with Gasteiger partial charge in [0.15, 0.2) is 5.82 Å². The SMILES string of the molecule is CC(C)=C/C(=C\C(=C/N)c1cnc2c(c1)C(c1nc3c(-c4ccsc4)cncc3[nH]1)=NNC2)CN(C)C. The molecule has 0 bridgehead atoms. The molecule has 9 heteroatoms. The Bertz CT molecular complexity index is 1550. The molecule has 0 atom stereocenters. The van der Waals surface area contributed by atoms with Gasteiger partial charge in [0.1, 0.15) is 11.2 Å². The highest BCUT2D eigenvalue weighted by Gasteiger charge is 2.22. The zero-order valence-corrected chi connectivity index (χ0v) is 22.2. The van der Waals surface area contributed by atoms with Crippen LogP contribution in [0.1, 0.15) is 36.5 Å². The molecule has 5 rings (SSSR count). The van der Waals surface area contributed by atoms with Crippen molar-refractivity contribution in [1.29, 1.82) is 0 Å². The molecule has 4 aromatic heterocycles. The molecular weight excluding hydrogens is 480 g/mol. The van der Waals surface area contributed by atoms with Gasteiger partial charge in [0, 0.05) is 41.8 Å². The van der Waals surface area contributed by atoms with Crippen LogP contribution in [0.5, 0.6) is 0 Å². The van der Waals surface area contributed by atoms with Crippen molar-refractivity contribution >= 4 is 33.7 Å². The summed E-state index contributed by atoms with van der Waals surface area (Å²) in [7, 11) is 4.11. The van der Waals surface area contributed by atoms with Crippen molar-refractivity contribution < 1.29 is 0 Å². The lowest BCUT2D eigenvalue weighted by molar-refractivity contribution is 0.449. The Morgan fingerprint density at radius 2 is 2.03 bits per heavy atom. The van der Waals surface area contributed by atoms with Gasteiger partial charge < -0.3 is 21.0 Å². The summed E-state index contributed by atoms with van der Waals surface area (Å²) < 4.78 is 0. The van der Waals surface area contributed by atoms with Crippen LogP contribution in [-0.4, -0.2) is 51.2 Å². The van der Waals surface area contributed by atoms with Crippen molar-refractivity contribution in [1.82, 2.24) is 30.3 Å². The van der Waals surface area contributed by atoms with Gasteiger partial charge in [-0.1, -0.05) is 11.6 Å². The normalized spacial score (nSPS) is 13.9. The number of H-pyrrole nitrogens is 1. The number of aromatic amines is 1. The van der Waals surface area contributed by atoms with E-state index in [-0.39, 0.29) is 0 Å². The van der Waals surface area contributed by atoms with Gasteiger partial charge in [-0.25, -0.2) is 4.98 Å². The summed E-state index contributed by atoms with van der Waals surface area (Å²) in [5, 5.41) is 8.78. The third kappa shape index (κ3) is 5.23. The highest BCUT2D eigenvalue weighted by Crippen LogP contribution is 2.29. The average molecular weight is 511 g/mol. The minimum Gasteiger partial charge on any atom is -0.404 e. The lowest BCUT2D eigenvalue weighted by Crippen LogP contribution is -2.23. The van der Waals surface area contributed by atoms with Crippen molar-refractivity contribution in [2.75, 3.05) is 20.6 Å². The maximum Gasteiger partial charge on any atom is 0.159 e. The second kappa shape index (κ2) is 10.5. The fraction of sp³-hybridized carbons (Fsp3) is 0.214. The number of pyridine rings is 2. The Kier molecular flexibility index (Phi) is 6.98. The Hall–Kier alpha value is -4.08. The number of nitrogens with one attached hydrogen (secondary N) is 2. The molecule has 0 fully saturated rings. The van der Waals surface area contributed by atoms with E-state index in [4.69, 9.17) is 15.7 Å². The van der Waals surface area contributed by atoms with Crippen LogP contribution in [0.4, 0.5) is 0 Å². The first kappa shape index (κ1) is 24.6. The molecule has 0 aliphatic carbocycles. The number of likely N-dealkylation sites (N-methyl/N-ethyl adjacent to an activating group) is 1. The standard InChI is InChI=1S/C28H30N8S/c1-17(2)7-18(15-36(3)4)8-20(10-29)21-9-22-24(31-11-21)14-32-35-27(22)28-33-25-13-30-12-23(26(25)34-28)19-5-6-37-16-19/h5-13,16,32H,14-15,29H2,1-4H3,(H,33,34)/b18-8+,20-10+. The van der Waals surface area contributed by atoms with Gasteiger partial charge >= 0.3 is 0 Å². The largest absolute Gasteiger partial charge is 0.404 e. The van der Waals surface area contributed by atoms with Crippen LogP contribution in [0.3, 0.4) is 0 Å². The van der Waals surface area contributed by atoms with Gasteiger partial charge in [0.25, 0.3) is 0 Å². The predicted octanol–water partition coefficient (Wildman–Crippen LogP) is 4.69.